The number of carbonyl (C=O) groups excluding carboxylic acids is 1. The van der Waals surface area contributed by atoms with E-state index in [-0.39, 0.29) is 18.6 Å². The Morgan fingerprint density at radius 2 is 2.06 bits per heavy atom. The summed E-state index contributed by atoms with van der Waals surface area (Å²) >= 11 is 0. The van der Waals surface area contributed by atoms with Gasteiger partial charge in [-0.25, -0.2) is 0 Å². The molecule has 88 valence electrons. The van der Waals surface area contributed by atoms with Crippen LogP contribution in [-0.2, 0) is 9.53 Å². The lowest BCUT2D eigenvalue weighted by molar-refractivity contribution is -0.143. The van der Waals surface area contributed by atoms with Crippen LogP contribution >= 0.6 is 0 Å². The van der Waals surface area contributed by atoms with Crippen molar-refractivity contribution in [2.45, 2.75) is 19.0 Å². The fourth-order valence-corrected chi connectivity index (χ4v) is 1.51. The molecule has 0 aliphatic heterocycles. The summed E-state index contributed by atoms with van der Waals surface area (Å²) in [7, 11) is 1.36. The molecule has 0 aliphatic rings. The molecule has 0 fully saturated rings. The Bertz CT molecular complexity index is 327. The van der Waals surface area contributed by atoms with E-state index in [1.807, 2.05) is 37.3 Å². The van der Waals surface area contributed by atoms with E-state index in [1.165, 1.54) is 7.11 Å². The normalized spacial score (nSPS) is 14.2. The van der Waals surface area contributed by atoms with Crippen molar-refractivity contribution < 1.29 is 9.53 Å². The molecule has 2 atom stereocenters. The lowest BCUT2D eigenvalue weighted by atomic mass is 10.1. The summed E-state index contributed by atoms with van der Waals surface area (Å²) in [5.41, 5.74) is 6.63. The van der Waals surface area contributed by atoms with Gasteiger partial charge in [-0.2, -0.15) is 0 Å². The highest BCUT2D eigenvalue weighted by Gasteiger charge is 2.19. The number of nitrogens with two attached hydrogens (primary N) is 1. The minimum absolute atomic E-state index is 0.0637. The van der Waals surface area contributed by atoms with Crippen molar-refractivity contribution in [3.05, 3.63) is 35.9 Å². The van der Waals surface area contributed by atoms with Crippen molar-refractivity contribution in [1.82, 2.24) is 5.32 Å². The minimum Gasteiger partial charge on any atom is -0.468 e. The number of ether oxygens (including phenoxy) is 1. The first-order valence-electron chi connectivity index (χ1n) is 5.28. The zero-order valence-electron chi connectivity index (χ0n) is 9.64. The quantitative estimate of drug-likeness (QED) is 0.724. The zero-order chi connectivity index (χ0) is 12.0. The number of nitrogens with one attached hydrogen (secondary N) is 1. The summed E-state index contributed by atoms with van der Waals surface area (Å²) in [5, 5.41) is 3.13. The van der Waals surface area contributed by atoms with Crippen LogP contribution < -0.4 is 11.1 Å². The lowest BCUT2D eigenvalue weighted by Crippen LogP contribution is -2.44. The van der Waals surface area contributed by atoms with E-state index in [2.05, 4.69) is 10.1 Å². The number of carbonyl (C=O) groups is 1. The highest BCUT2D eigenvalue weighted by molar-refractivity contribution is 5.75. The van der Waals surface area contributed by atoms with Crippen LogP contribution in [-0.4, -0.2) is 25.7 Å². The average molecular weight is 222 g/mol. The third-order valence-corrected chi connectivity index (χ3v) is 2.47. The number of hydrogen-bond donors (Lipinski definition) is 2. The summed E-state index contributed by atoms with van der Waals surface area (Å²) in [6, 6.07) is 9.49. The molecule has 0 bridgehead atoms. The standard InChI is InChI=1S/C12H18N2O2/c1-9(10-6-4-3-5-7-10)14-11(8-13)12(15)16-2/h3-7,9,11,14H,8,13H2,1-2H3. The number of methoxy groups -OCH3 is 1. The van der Waals surface area contributed by atoms with Crippen LogP contribution in [0.15, 0.2) is 30.3 Å². The highest BCUT2D eigenvalue weighted by Crippen LogP contribution is 2.11. The van der Waals surface area contributed by atoms with Gasteiger partial charge in [0, 0.05) is 12.6 Å². The highest BCUT2D eigenvalue weighted by atomic mass is 16.5. The molecule has 0 saturated heterocycles. The van der Waals surface area contributed by atoms with Gasteiger partial charge >= 0.3 is 5.97 Å². The predicted octanol–water partition coefficient (Wildman–Crippen LogP) is 0.838. The molecule has 3 N–H and O–H groups in total. The van der Waals surface area contributed by atoms with Crippen molar-refractivity contribution in [1.29, 1.82) is 0 Å². The fraction of sp³-hybridized carbons (Fsp3) is 0.417. The monoisotopic (exact) mass is 222 g/mol. The summed E-state index contributed by atoms with van der Waals surface area (Å²) in [6.07, 6.45) is 0. The van der Waals surface area contributed by atoms with Crippen LogP contribution in [0.25, 0.3) is 0 Å². The lowest BCUT2D eigenvalue weighted by Gasteiger charge is -2.20. The Morgan fingerprint density at radius 1 is 1.44 bits per heavy atom. The summed E-state index contributed by atoms with van der Waals surface area (Å²) in [4.78, 5) is 11.3. The number of rotatable bonds is 5. The molecule has 1 rings (SSSR count). The van der Waals surface area contributed by atoms with Crippen LogP contribution in [0.1, 0.15) is 18.5 Å². The van der Waals surface area contributed by atoms with E-state index >= 15 is 0 Å². The molecule has 0 heterocycles. The van der Waals surface area contributed by atoms with Crippen molar-refractivity contribution in [2.75, 3.05) is 13.7 Å². The van der Waals surface area contributed by atoms with E-state index in [1.54, 1.807) is 0 Å². The first-order chi connectivity index (χ1) is 7.69. The fourth-order valence-electron chi connectivity index (χ4n) is 1.51. The molecule has 16 heavy (non-hydrogen) atoms. The molecule has 0 saturated carbocycles. The maximum Gasteiger partial charge on any atom is 0.324 e. The molecule has 0 aromatic heterocycles. The Labute approximate surface area is 95.8 Å². The van der Waals surface area contributed by atoms with Crippen molar-refractivity contribution in [3.63, 3.8) is 0 Å². The smallest absolute Gasteiger partial charge is 0.324 e. The largest absolute Gasteiger partial charge is 0.468 e. The van der Waals surface area contributed by atoms with Crippen molar-refractivity contribution in [3.8, 4) is 0 Å². The van der Waals surface area contributed by atoms with E-state index in [0.717, 1.165) is 5.56 Å². The molecule has 2 unspecified atom stereocenters. The van der Waals surface area contributed by atoms with Gasteiger partial charge in [-0.1, -0.05) is 30.3 Å². The third-order valence-electron chi connectivity index (χ3n) is 2.47. The van der Waals surface area contributed by atoms with Gasteiger partial charge in [0.2, 0.25) is 0 Å². The first-order valence-corrected chi connectivity index (χ1v) is 5.28. The zero-order valence-corrected chi connectivity index (χ0v) is 9.64. The second kappa shape index (κ2) is 6.25. The van der Waals surface area contributed by atoms with Crippen LogP contribution in [0.4, 0.5) is 0 Å². The van der Waals surface area contributed by atoms with Crippen molar-refractivity contribution in [2.24, 2.45) is 5.73 Å². The van der Waals surface area contributed by atoms with E-state index in [4.69, 9.17) is 5.73 Å². The first kappa shape index (κ1) is 12.7. The Hall–Kier alpha value is -1.39. The topological polar surface area (TPSA) is 64.3 Å². The molecule has 1 aromatic carbocycles. The van der Waals surface area contributed by atoms with Gasteiger partial charge < -0.3 is 10.5 Å². The van der Waals surface area contributed by atoms with Crippen LogP contribution in [0.5, 0.6) is 0 Å². The van der Waals surface area contributed by atoms with Gasteiger partial charge in [-0.05, 0) is 12.5 Å². The van der Waals surface area contributed by atoms with E-state index in [9.17, 15) is 4.79 Å². The molecule has 0 aliphatic carbocycles. The molecule has 4 nitrogen and oxygen atoms in total. The molecule has 1 aromatic rings. The Kier molecular flexibility index (Phi) is 4.95. The van der Waals surface area contributed by atoms with Crippen LogP contribution in [0.2, 0.25) is 0 Å². The van der Waals surface area contributed by atoms with E-state index < -0.39 is 6.04 Å². The molecule has 4 heteroatoms. The average Bonchev–Trinajstić information content (AvgIpc) is 2.35. The molecule has 0 spiro atoms. The second-order valence-corrected chi connectivity index (χ2v) is 3.61. The van der Waals surface area contributed by atoms with Crippen LogP contribution in [0, 0.1) is 0 Å². The summed E-state index contributed by atoms with van der Waals surface area (Å²) < 4.78 is 4.66. The summed E-state index contributed by atoms with van der Waals surface area (Å²) in [6.45, 7) is 2.21. The summed E-state index contributed by atoms with van der Waals surface area (Å²) in [5.74, 6) is -0.328. The Balaban J connectivity index is 2.62. The Morgan fingerprint density at radius 3 is 2.56 bits per heavy atom. The van der Waals surface area contributed by atoms with Gasteiger partial charge in [0.1, 0.15) is 6.04 Å². The van der Waals surface area contributed by atoms with Gasteiger partial charge in [0.05, 0.1) is 7.11 Å². The van der Waals surface area contributed by atoms with Gasteiger partial charge in [0.25, 0.3) is 0 Å². The van der Waals surface area contributed by atoms with Crippen LogP contribution in [0.3, 0.4) is 0 Å². The predicted molar refractivity (Wildman–Crippen MR) is 62.9 cm³/mol. The van der Waals surface area contributed by atoms with Gasteiger partial charge in [0.15, 0.2) is 0 Å². The number of benzene rings is 1. The third kappa shape index (κ3) is 3.32. The van der Waals surface area contributed by atoms with E-state index in [0.29, 0.717) is 0 Å². The minimum atomic E-state index is -0.458. The molecule has 0 amide bonds. The molecule has 0 radical (unpaired) electrons. The molecular weight excluding hydrogens is 204 g/mol. The number of esters is 1. The van der Waals surface area contributed by atoms with Gasteiger partial charge in [-0.3, -0.25) is 10.1 Å². The molecular formula is C12H18N2O2. The van der Waals surface area contributed by atoms with Gasteiger partial charge in [-0.15, -0.1) is 0 Å². The second-order valence-electron chi connectivity index (χ2n) is 3.61. The van der Waals surface area contributed by atoms with Crippen molar-refractivity contribution >= 4 is 5.97 Å². The maximum atomic E-state index is 11.3. The maximum absolute atomic E-state index is 11.3. The number of hydrogen-bond acceptors (Lipinski definition) is 4. The SMILES string of the molecule is COC(=O)C(CN)NC(C)c1ccccc1.